The molecule has 0 saturated heterocycles. The summed E-state index contributed by atoms with van der Waals surface area (Å²) >= 11 is 0. The van der Waals surface area contributed by atoms with Crippen molar-refractivity contribution in [3.05, 3.63) is 71.4 Å². The first-order chi connectivity index (χ1) is 13.1. The number of carbonyl (C=O) groups is 2. The minimum Gasteiger partial charge on any atom is -0.496 e. The average molecular weight is 365 g/mol. The molecule has 0 atom stereocenters. The maximum absolute atomic E-state index is 12.6. The topological polar surface area (TPSA) is 93.3 Å². The Morgan fingerprint density at radius 1 is 1.07 bits per heavy atom. The van der Waals surface area contributed by atoms with Gasteiger partial charge in [0.1, 0.15) is 11.3 Å². The second-order valence-corrected chi connectivity index (χ2v) is 5.73. The zero-order valence-corrected chi connectivity index (χ0v) is 15.0. The number of methoxy groups -OCH3 is 2. The number of carbonyl (C=O) groups excluding carboxylic acids is 2. The van der Waals surface area contributed by atoms with Gasteiger partial charge in [0.2, 0.25) is 0 Å². The molecular formula is C20H19N3O4. The van der Waals surface area contributed by atoms with Crippen molar-refractivity contribution in [2.24, 2.45) is 0 Å². The molecule has 0 aliphatic heterocycles. The summed E-state index contributed by atoms with van der Waals surface area (Å²) in [7, 11) is 2.79. The number of nitrogens with one attached hydrogen (secondary N) is 2. The van der Waals surface area contributed by atoms with E-state index < -0.39 is 5.97 Å². The third kappa shape index (κ3) is 3.98. The van der Waals surface area contributed by atoms with Crippen LogP contribution in [0.25, 0.3) is 11.3 Å². The molecule has 27 heavy (non-hydrogen) atoms. The van der Waals surface area contributed by atoms with Gasteiger partial charge in [0.15, 0.2) is 0 Å². The van der Waals surface area contributed by atoms with E-state index in [0.29, 0.717) is 22.6 Å². The van der Waals surface area contributed by atoms with E-state index in [1.54, 1.807) is 18.2 Å². The van der Waals surface area contributed by atoms with Crippen LogP contribution in [0.15, 0.2) is 54.7 Å². The Morgan fingerprint density at radius 2 is 1.85 bits per heavy atom. The van der Waals surface area contributed by atoms with Gasteiger partial charge in [-0.3, -0.25) is 9.89 Å². The van der Waals surface area contributed by atoms with E-state index in [0.717, 1.165) is 11.1 Å². The number of aromatic amines is 1. The van der Waals surface area contributed by atoms with E-state index in [4.69, 9.17) is 9.47 Å². The third-order valence-electron chi connectivity index (χ3n) is 4.07. The van der Waals surface area contributed by atoms with Crippen LogP contribution < -0.4 is 10.1 Å². The van der Waals surface area contributed by atoms with Crippen molar-refractivity contribution in [2.45, 2.75) is 6.54 Å². The lowest BCUT2D eigenvalue weighted by Gasteiger charge is -2.10. The molecule has 7 heteroatoms. The highest BCUT2D eigenvalue weighted by atomic mass is 16.5. The number of hydrogen-bond donors (Lipinski definition) is 2. The highest BCUT2D eigenvalue weighted by Crippen LogP contribution is 2.22. The summed E-state index contributed by atoms with van der Waals surface area (Å²) in [4.78, 5) is 24.5. The van der Waals surface area contributed by atoms with Crippen LogP contribution in [-0.2, 0) is 11.3 Å². The summed E-state index contributed by atoms with van der Waals surface area (Å²) in [5.41, 5.74) is 3.02. The van der Waals surface area contributed by atoms with E-state index in [9.17, 15) is 9.59 Å². The van der Waals surface area contributed by atoms with Crippen molar-refractivity contribution >= 4 is 11.9 Å². The fourth-order valence-electron chi connectivity index (χ4n) is 2.70. The second-order valence-electron chi connectivity index (χ2n) is 5.73. The third-order valence-corrected chi connectivity index (χ3v) is 4.07. The van der Waals surface area contributed by atoms with Crippen LogP contribution in [0.4, 0.5) is 0 Å². The summed E-state index contributed by atoms with van der Waals surface area (Å²) in [5, 5.41) is 9.68. The Kier molecular flexibility index (Phi) is 5.51. The minimum atomic E-state index is -0.499. The van der Waals surface area contributed by atoms with E-state index in [2.05, 4.69) is 15.5 Å². The van der Waals surface area contributed by atoms with Crippen molar-refractivity contribution in [1.82, 2.24) is 15.5 Å². The normalized spacial score (nSPS) is 10.3. The lowest BCUT2D eigenvalue weighted by Crippen LogP contribution is -2.23. The van der Waals surface area contributed by atoms with Crippen LogP contribution >= 0.6 is 0 Å². The van der Waals surface area contributed by atoms with Gasteiger partial charge in [-0.15, -0.1) is 0 Å². The van der Waals surface area contributed by atoms with Crippen molar-refractivity contribution < 1.29 is 19.1 Å². The first-order valence-corrected chi connectivity index (χ1v) is 8.26. The van der Waals surface area contributed by atoms with Crippen molar-refractivity contribution in [2.75, 3.05) is 14.2 Å². The predicted molar refractivity (Wildman–Crippen MR) is 99.5 cm³/mol. The maximum atomic E-state index is 12.6. The maximum Gasteiger partial charge on any atom is 0.341 e. The van der Waals surface area contributed by atoms with Crippen LogP contribution in [0.3, 0.4) is 0 Å². The standard InChI is InChI=1S/C20H19N3O4/c1-26-17-9-8-13(10-15(17)20(25)27-2)11-21-19(24)16-12-22-23-18(16)14-6-4-3-5-7-14/h3-10,12H,11H2,1-2H3,(H,21,24)(H,22,23). The molecule has 0 aliphatic rings. The number of hydrogen-bond acceptors (Lipinski definition) is 5. The largest absolute Gasteiger partial charge is 0.496 e. The number of ether oxygens (including phenoxy) is 2. The fourth-order valence-corrected chi connectivity index (χ4v) is 2.70. The van der Waals surface area contributed by atoms with Crippen LogP contribution in [-0.4, -0.2) is 36.3 Å². The van der Waals surface area contributed by atoms with Gasteiger partial charge in [-0.05, 0) is 17.7 Å². The summed E-state index contributed by atoms with van der Waals surface area (Å²) in [5.74, 6) is -0.350. The minimum absolute atomic E-state index is 0.242. The first-order valence-electron chi connectivity index (χ1n) is 8.26. The summed E-state index contributed by atoms with van der Waals surface area (Å²) in [6.45, 7) is 0.242. The molecule has 7 nitrogen and oxygen atoms in total. The van der Waals surface area contributed by atoms with Gasteiger partial charge in [0.25, 0.3) is 5.91 Å². The Hall–Kier alpha value is -3.61. The van der Waals surface area contributed by atoms with Gasteiger partial charge in [0.05, 0.1) is 31.7 Å². The molecule has 0 aliphatic carbocycles. The molecule has 0 bridgehead atoms. The lowest BCUT2D eigenvalue weighted by atomic mass is 10.1. The van der Waals surface area contributed by atoms with Gasteiger partial charge >= 0.3 is 5.97 Å². The molecule has 138 valence electrons. The molecular weight excluding hydrogens is 346 g/mol. The highest BCUT2D eigenvalue weighted by molar-refractivity contribution is 5.99. The highest BCUT2D eigenvalue weighted by Gasteiger charge is 2.16. The number of benzene rings is 2. The monoisotopic (exact) mass is 365 g/mol. The zero-order chi connectivity index (χ0) is 19.2. The molecule has 0 unspecified atom stereocenters. The van der Waals surface area contributed by atoms with Crippen LogP contribution in [0.5, 0.6) is 5.75 Å². The molecule has 1 heterocycles. The number of H-pyrrole nitrogens is 1. The molecule has 0 fully saturated rings. The van der Waals surface area contributed by atoms with Gasteiger partial charge in [0, 0.05) is 12.1 Å². The Labute approximate surface area is 156 Å². The molecule has 3 rings (SSSR count). The Bertz CT molecular complexity index is 951. The number of nitrogens with zero attached hydrogens (tertiary/aromatic N) is 1. The van der Waals surface area contributed by atoms with E-state index in [1.165, 1.54) is 20.4 Å². The number of esters is 1. The molecule has 2 aromatic carbocycles. The Balaban J connectivity index is 1.76. The number of rotatable bonds is 6. The lowest BCUT2D eigenvalue weighted by molar-refractivity contribution is 0.0597. The fraction of sp³-hybridized carbons (Fsp3) is 0.150. The first kappa shape index (κ1) is 18.2. The summed E-state index contributed by atoms with van der Waals surface area (Å²) in [6, 6.07) is 14.6. The SMILES string of the molecule is COC(=O)c1cc(CNC(=O)c2cn[nH]c2-c2ccccc2)ccc1OC. The molecule has 2 N–H and O–H groups in total. The zero-order valence-electron chi connectivity index (χ0n) is 15.0. The molecule has 1 aromatic heterocycles. The molecule has 3 aromatic rings. The molecule has 0 spiro atoms. The molecule has 1 amide bonds. The van der Waals surface area contributed by atoms with Crippen molar-refractivity contribution in [3.8, 4) is 17.0 Å². The van der Waals surface area contributed by atoms with Crippen LogP contribution in [0.2, 0.25) is 0 Å². The quantitative estimate of drug-likeness (QED) is 0.655. The molecule has 0 saturated carbocycles. The smallest absolute Gasteiger partial charge is 0.341 e. The van der Waals surface area contributed by atoms with E-state index in [-0.39, 0.29) is 12.5 Å². The van der Waals surface area contributed by atoms with Gasteiger partial charge in [-0.1, -0.05) is 36.4 Å². The van der Waals surface area contributed by atoms with Gasteiger partial charge in [-0.25, -0.2) is 4.79 Å². The predicted octanol–water partition coefficient (Wildman–Crippen LogP) is 2.80. The van der Waals surface area contributed by atoms with E-state index >= 15 is 0 Å². The second kappa shape index (κ2) is 8.18. The Morgan fingerprint density at radius 3 is 2.56 bits per heavy atom. The van der Waals surface area contributed by atoms with E-state index in [1.807, 2.05) is 30.3 Å². The average Bonchev–Trinajstić information content (AvgIpc) is 3.22. The molecule has 0 radical (unpaired) electrons. The van der Waals surface area contributed by atoms with Crippen LogP contribution in [0, 0.1) is 0 Å². The van der Waals surface area contributed by atoms with Crippen LogP contribution in [0.1, 0.15) is 26.3 Å². The number of amides is 1. The van der Waals surface area contributed by atoms with Crippen molar-refractivity contribution in [1.29, 1.82) is 0 Å². The summed E-state index contributed by atoms with van der Waals surface area (Å²) < 4.78 is 9.94. The number of aromatic nitrogens is 2. The van der Waals surface area contributed by atoms with Gasteiger partial charge in [-0.2, -0.15) is 5.10 Å². The van der Waals surface area contributed by atoms with Gasteiger partial charge < -0.3 is 14.8 Å². The summed E-state index contributed by atoms with van der Waals surface area (Å²) in [6.07, 6.45) is 1.49. The van der Waals surface area contributed by atoms with Crippen molar-refractivity contribution in [3.63, 3.8) is 0 Å².